The second-order valence-electron chi connectivity index (χ2n) is 1.38. The van der Waals surface area contributed by atoms with Crippen molar-refractivity contribution in [2.75, 3.05) is 0 Å². The van der Waals surface area contributed by atoms with Crippen LogP contribution in [0.1, 0.15) is 10.5 Å². The van der Waals surface area contributed by atoms with E-state index in [0.717, 1.165) is 0 Å². The molecule has 1 amide bonds. The number of nitrogens with zero attached hydrogens (tertiary/aromatic N) is 2. The fourth-order valence-corrected chi connectivity index (χ4v) is 0.387. The van der Waals surface area contributed by atoms with Crippen molar-refractivity contribution >= 4 is 5.91 Å². The summed E-state index contributed by atoms with van der Waals surface area (Å²) >= 11 is 0. The van der Waals surface area contributed by atoms with Gasteiger partial charge in [0, 0.05) is 5.69 Å². The molecule has 0 radical (unpaired) electrons. The Labute approximate surface area is 80.2 Å². The summed E-state index contributed by atoms with van der Waals surface area (Å²) in [5.74, 6) is -0.608. The first-order valence-electron chi connectivity index (χ1n) is 2.29. The Kier molecular flexibility index (Phi) is 4.18. The molecular weight excluding hydrogens is 141 g/mol. The average molecular weight is 145 g/mol. The van der Waals surface area contributed by atoms with Gasteiger partial charge in [-0.3, -0.25) is 4.98 Å². The molecule has 4 nitrogen and oxygen atoms in total. The molecule has 0 aliphatic carbocycles. The second-order valence-corrected chi connectivity index (χ2v) is 1.38. The van der Waals surface area contributed by atoms with Crippen LogP contribution in [0, 0.1) is 6.20 Å². The fourth-order valence-electron chi connectivity index (χ4n) is 0.387. The molecule has 10 heavy (non-hydrogen) atoms. The monoisotopic (exact) mass is 145 g/mol. The number of nitrogens with two attached hydrogens (primary N) is 1. The third kappa shape index (κ3) is 2.43. The van der Waals surface area contributed by atoms with Gasteiger partial charge in [-0.1, -0.05) is 6.20 Å². The molecule has 46 valence electrons. The number of carbonyl (C=O) groups excluding carboxylic acids is 1. The van der Waals surface area contributed by atoms with Gasteiger partial charge >= 0.3 is 29.6 Å². The molecule has 0 fully saturated rings. The predicted octanol–water partition coefficient (Wildman–Crippen LogP) is -3.62. The van der Waals surface area contributed by atoms with E-state index in [2.05, 4.69) is 16.2 Å². The van der Waals surface area contributed by atoms with Crippen LogP contribution < -0.4 is 35.3 Å². The second kappa shape index (κ2) is 4.38. The van der Waals surface area contributed by atoms with Gasteiger partial charge in [-0.05, 0) is 12.4 Å². The average Bonchev–Trinajstić information content (AvgIpc) is 1.90. The van der Waals surface area contributed by atoms with Crippen LogP contribution in [0.5, 0.6) is 0 Å². The van der Waals surface area contributed by atoms with Gasteiger partial charge in [0.25, 0.3) is 0 Å². The van der Waals surface area contributed by atoms with Crippen molar-refractivity contribution in [2.45, 2.75) is 0 Å². The van der Waals surface area contributed by atoms with E-state index in [1.54, 1.807) is 0 Å². The third-order valence-corrected chi connectivity index (χ3v) is 0.749. The molecule has 0 unspecified atom stereocenters. The maximum Gasteiger partial charge on any atom is 1.00 e. The van der Waals surface area contributed by atoms with Crippen molar-refractivity contribution in [2.24, 2.45) is 5.73 Å². The number of aromatic nitrogens is 2. The Morgan fingerprint density at radius 2 is 2.30 bits per heavy atom. The van der Waals surface area contributed by atoms with Crippen LogP contribution in [-0.2, 0) is 0 Å². The molecule has 0 spiro atoms. The maximum atomic E-state index is 10.3. The van der Waals surface area contributed by atoms with Crippen molar-refractivity contribution in [3.8, 4) is 0 Å². The Morgan fingerprint density at radius 3 is 2.60 bits per heavy atom. The first-order valence-corrected chi connectivity index (χ1v) is 2.29. The van der Waals surface area contributed by atoms with Crippen LogP contribution in [0.25, 0.3) is 0 Å². The van der Waals surface area contributed by atoms with Gasteiger partial charge in [-0.25, -0.2) is 0 Å². The van der Waals surface area contributed by atoms with Crippen molar-refractivity contribution in [1.82, 2.24) is 9.97 Å². The van der Waals surface area contributed by atoms with Crippen LogP contribution >= 0.6 is 0 Å². The molecule has 1 aromatic heterocycles. The first kappa shape index (κ1) is 9.55. The molecule has 0 atom stereocenters. The zero-order chi connectivity index (χ0) is 6.69. The van der Waals surface area contributed by atoms with E-state index in [9.17, 15) is 4.79 Å². The van der Waals surface area contributed by atoms with Crippen molar-refractivity contribution in [3.63, 3.8) is 0 Å². The molecule has 0 saturated heterocycles. The summed E-state index contributed by atoms with van der Waals surface area (Å²) in [7, 11) is 0. The van der Waals surface area contributed by atoms with Crippen LogP contribution in [0.15, 0.2) is 12.4 Å². The molecule has 0 aromatic carbocycles. The molecular formula is C5H4N3NaO. The Morgan fingerprint density at radius 1 is 1.60 bits per heavy atom. The van der Waals surface area contributed by atoms with Gasteiger partial charge < -0.3 is 15.5 Å². The zero-order valence-electron chi connectivity index (χ0n) is 5.53. The predicted molar refractivity (Wildman–Crippen MR) is 29.4 cm³/mol. The molecule has 1 heterocycles. The molecule has 0 aliphatic heterocycles. The summed E-state index contributed by atoms with van der Waals surface area (Å²) in [5.41, 5.74) is 4.91. The van der Waals surface area contributed by atoms with Crippen LogP contribution in [0.4, 0.5) is 0 Å². The number of primary amides is 1. The van der Waals surface area contributed by atoms with Gasteiger partial charge in [0.15, 0.2) is 5.91 Å². The van der Waals surface area contributed by atoms with E-state index in [0.29, 0.717) is 0 Å². The summed E-state index contributed by atoms with van der Waals surface area (Å²) in [4.78, 5) is 17.4. The van der Waals surface area contributed by atoms with Crippen molar-refractivity contribution in [3.05, 3.63) is 24.3 Å². The molecule has 1 aromatic rings. The van der Waals surface area contributed by atoms with Gasteiger partial charge in [0.05, 0.1) is 0 Å². The Bertz CT molecular complexity index is 213. The van der Waals surface area contributed by atoms with Crippen molar-refractivity contribution < 1.29 is 34.4 Å². The minimum atomic E-state index is -0.608. The molecule has 0 bridgehead atoms. The SMILES string of the molecule is NC(=O)c1[c-]nccn1.[Na+]. The number of rotatable bonds is 1. The van der Waals surface area contributed by atoms with Gasteiger partial charge in [-0.2, -0.15) is 0 Å². The first-order chi connectivity index (χ1) is 4.30. The van der Waals surface area contributed by atoms with Crippen LogP contribution in [0.3, 0.4) is 0 Å². The Hall–Kier alpha value is -0.450. The van der Waals surface area contributed by atoms with Crippen LogP contribution in [-0.4, -0.2) is 15.9 Å². The fraction of sp³-hybridized carbons (Fsp3) is 0. The smallest absolute Gasteiger partial charge is 0.415 e. The molecule has 0 aliphatic rings. The van der Waals surface area contributed by atoms with E-state index in [1.807, 2.05) is 0 Å². The normalized spacial score (nSPS) is 8.00. The summed E-state index contributed by atoms with van der Waals surface area (Å²) in [6, 6.07) is 0. The molecule has 0 saturated carbocycles. The molecule has 2 N–H and O–H groups in total. The zero-order valence-corrected chi connectivity index (χ0v) is 7.53. The van der Waals surface area contributed by atoms with E-state index in [-0.39, 0.29) is 35.3 Å². The number of amides is 1. The molecule has 1 rings (SSSR count). The standard InChI is InChI=1S/C5H4N3O.Na/c6-5(9)4-3-7-1-2-8-4;/h1-2H,(H2,6,9);/q-1;+1. The maximum absolute atomic E-state index is 10.3. The minimum Gasteiger partial charge on any atom is -0.415 e. The quantitative estimate of drug-likeness (QED) is 0.327. The van der Waals surface area contributed by atoms with Gasteiger partial charge in [0.1, 0.15) is 0 Å². The van der Waals surface area contributed by atoms with Gasteiger partial charge in [-0.15, -0.1) is 0 Å². The Balaban J connectivity index is 0.000000810. The largest absolute Gasteiger partial charge is 1.00 e. The van der Waals surface area contributed by atoms with E-state index in [4.69, 9.17) is 5.73 Å². The number of carbonyl (C=O) groups is 1. The summed E-state index contributed by atoms with van der Waals surface area (Å²) in [5, 5.41) is 0. The van der Waals surface area contributed by atoms with Crippen molar-refractivity contribution in [1.29, 1.82) is 0 Å². The van der Waals surface area contributed by atoms with E-state index < -0.39 is 5.91 Å². The van der Waals surface area contributed by atoms with E-state index >= 15 is 0 Å². The topological polar surface area (TPSA) is 68.9 Å². The minimum absolute atomic E-state index is 0. The summed E-state index contributed by atoms with van der Waals surface area (Å²) in [6.45, 7) is 0. The van der Waals surface area contributed by atoms with Gasteiger partial charge in [0.2, 0.25) is 0 Å². The van der Waals surface area contributed by atoms with Crippen LogP contribution in [0.2, 0.25) is 0 Å². The summed E-state index contributed by atoms with van der Waals surface area (Å²) < 4.78 is 0. The molecule has 5 heteroatoms. The third-order valence-electron chi connectivity index (χ3n) is 0.749. The van der Waals surface area contributed by atoms with E-state index in [1.165, 1.54) is 12.4 Å². The number of hydrogen-bond donors (Lipinski definition) is 1. The number of hydrogen-bond acceptors (Lipinski definition) is 3. The summed E-state index contributed by atoms with van der Waals surface area (Å²) in [6.07, 6.45) is 5.14.